The van der Waals surface area contributed by atoms with E-state index in [1.165, 1.54) is 16.5 Å². The van der Waals surface area contributed by atoms with Gasteiger partial charge in [0.1, 0.15) is 18.4 Å². The first-order valence-corrected chi connectivity index (χ1v) is 10.4. The molecule has 2 aromatic rings. The van der Waals surface area contributed by atoms with Crippen LogP contribution in [0, 0.1) is 5.82 Å². The van der Waals surface area contributed by atoms with E-state index in [0.717, 1.165) is 18.5 Å². The second-order valence-corrected chi connectivity index (χ2v) is 7.60. The highest BCUT2D eigenvalue weighted by Gasteiger charge is 2.37. The quantitative estimate of drug-likeness (QED) is 0.649. The summed E-state index contributed by atoms with van der Waals surface area (Å²) >= 11 is 0. The van der Waals surface area contributed by atoms with Crippen molar-refractivity contribution in [2.75, 3.05) is 27.3 Å². The molecular weight excluding hydrogens is 385 g/mol. The van der Waals surface area contributed by atoms with Gasteiger partial charge in [0.05, 0.1) is 26.8 Å². The Balaban J connectivity index is 1.99. The van der Waals surface area contributed by atoms with Crippen molar-refractivity contribution in [2.45, 2.75) is 38.9 Å². The van der Waals surface area contributed by atoms with Crippen LogP contribution in [0.5, 0.6) is 11.5 Å². The van der Waals surface area contributed by atoms with Crippen LogP contribution < -0.4 is 25.0 Å². The lowest BCUT2D eigenvalue weighted by Crippen LogP contribution is -3.13. The summed E-state index contributed by atoms with van der Waals surface area (Å²) in [6.07, 6.45) is 0.837. The van der Waals surface area contributed by atoms with Gasteiger partial charge >= 0.3 is 6.03 Å². The first kappa shape index (κ1) is 21.9. The highest BCUT2D eigenvalue weighted by atomic mass is 19.1. The van der Waals surface area contributed by atoms with E-state index in [1.807, 2.05) is 38.1 Å². The molecule has 1 aliphatic rings. The lowest BCUT2D eigenvalue weighted by atomic mass is 9.87. The molecule has 0 saturated carbocycles. The average molecular weight is 417 g/mol. The minimum atomic E-state index is -0.206. The number of methoxy groups -OCH3 is 2. The molecule has 0 fully saturated rings. The summed E-state index contributed by atoms with van der Waals surface area (Å²) in [5.74, 6) is 1.14. The van der Waals surface area contributed by atoms with Crippen LogP contribution in [0.25, 0.3) is 0 Å². The number of nitrogens with one attached hydrogen (secondary N) is 3. The van der Waals surface area contributed by atoms with Crippen molar-refractivity contribution < 1.29 is 23.6 Å². The zero-order valence-electron chi connectivity index (χ0n) is 18.0. The Morgan fingerprint density at radius 2 is 1.93 bits per heavy atom. The normalized spacial score (nSPS) is 18.8. The first-order valence-electron chi connectivity index (χ1n) is 10.4. The predicted octanol–water partition coefficient (Wildman–Crippen LogP) is 2.23. The van der Waals surface area contributed by atoms with Crippen LogP contribution in [-0.4, -0.2) is 39.4 Å². The molecule has 3 rings (SSSR count). The smallest absolute Gasteiger partial charge is 0.315 e. The van der Waals surface area contributed by atoms with Crippen molar-refractivity contribution in [3.05, 3.63) is 58.9 Å². The monoisotopic (exact) mass is 416 g/mol. The summed E-state index contributed by atoms with van der Waals surface area (Å²) in [6, 6.07) is 10.4. The number of benzene rings is 2. The largest absolute Gasteiger partial charge is 0.493 e. The van der Waals surface area contributed by atoms with Crippen molar-refractivity contribution in [1.82, 2.24) is 10.6 Å². The van der Waals surface area contributed by atoms with E-state index < -0.39 is 0 Å². The van der Waals surface area contributed by atoms with E-state index in [2.05, 4.69) is 10.6 Å². The van der Waals surface area contributed by atoms with E-state index in [9.17, 15) is 9.18 Å². The first-order chi connectivity index (χ1) is 14.5. The van der Waals surface area contributed by atoms with Gasteiger partial charge in [0.2, 0.25) is 0 Å². The number of halogens is 1. The number of fused-ring (bicyclic) bond motifs is 1. The summed E-state index contributed by atoms with van der Waals surface area (Å²) in [4.78, 5) is 13.4. The van der Waals surface area contributed by atoms with Gasteiger partial charge in [-0.25, -0.2) is 9.18 Å². The molecule has 6 nitrogen and oxygen atoms in total. The van der Waals surface area contributed by atoms with Crippen molar-refractivity contribution in [3.63, 3.8) is 0 Å². The lowest BCUT2D eigenvalue weighted by Gasteiger charge is -2.38. The fourth-order valence-electron chi connectivity index (χ4n) is 4.32. The molecule has 0 aliphatic carbocycles. The topological polar surface area (TPSA) is 64.0 Å². The van der Waals surface area contributed by atoms with Crippen LogP contribution in [0.3, 0.4) is 0 Å². The molecule has 1 heterocycles. The summed E-state index contributed by atoms with van der Waals surface area (Å²) in [5, 5.41) is 5.84. The third-order valence-corrected chi connectivity index (χ3v) is 5.71. The fraction of sp³-hybridized carbons (Fsp3) is 0.435. The number of ether oxygens (including phenoxy) is 2. The molecule has 2 amide bonds. The maximum absolute atomic E-state index is 14.4. The molecule has 162 valence electrons. The van der Waals surface area contributed by atoms with Crippen LogP contribution in [0.15, 0.2) is 36.4 Å². The minimum absolute atomic E-state index is 0.0595. The average Bonchev–Trinajstić information content (AvgIpc) is 2.74. The molecular formula is C23H31FN3O3+. The number of quaternary nitrogens is 1. The van der Waals surface area contributed by atoms with Gasteiger partial charge in [0, 0.05) is 24.1 Å². The summed E-state index contributed by atoms with van der Waals surface area (Å²) in [7, 11) is 3.24. The van der Waals surface area contributed by atoms with E-state index in [-0.39, 0.29) is 23.9 Å². The van der Waals surface area contributed by atoms with Crippen molar-refractivity contribution in [3.8, 4) is 11.5 Å². The number of hydrogen-bond acceptors (Lipinski definition) is 3. The third-order valence-electron chi connectivity index (χ3n) is 5.71. The maximum Gasteiger partial charge on any atom is 0.315 e. The Bertz CT molecular complexity index is 890. The fourth-order valence-corrected chi connectivity index (χ4v) is 4.32. The van der Waals surface area contributed by atoms with Gasteiger partial charge in [-0.1, -0.05) is 18.2 Å². The molecule has 3 atom stereocenters. The molecule has 0 radical (unpaired) electrons. The summed E-state index contributed by atoms with van der Waals surface area (Å²) < 4.78 is 25.4. The van der Waals surface area contributed by atoms with Crippen molar-refractivity contribution in [1.29, 1.82) is 0 Å². The van der Waals surface area contributed by atoms with Crippen molar-refractivity contribution >= 4 is 6.03 Å². The zero-order valence-corrected chi connectivity index (χ0v) is 18.0. The molecule has 7 heteroatoms. The number of carbonyl (C=O) groups excluding carboxylic acids is 1. The Labute approximate surface area is 177 Å². The van der Waals surface area contributed by atoms with Gasteiger partial charge in [-0.15, -0.1) is 0 Å². The standard InChI is InChI=1S/C23H30FN3O3/c1-5-25-23(28)26-15(2)22-18-13-21(30-4)20(29-3)12-16(18)10-11-27(22)14-17-8-6-7-9-19(17)24/h6-9,12-13,15,22H,5,10-11,14H2,1-4H3,(H2,25,26,28)/p+1/t15-,22+/m1/s1. The van der Waals surface area contributed by atoms with E-state index in [1.54, 1.807) is 20.3 Å². The molecule has 3 N–H and O–H groups in total. The molecule has 0 spiro atoms. The number of carbonyl (C=O) groups is 1. The zero-order chi connectivity index (χ0) is 21.7. The lowest BCUT2D eigenvalue weighted by molar-refractivity contribution is -0.948. The Kier molecular flexibility index (Phi) is 7.15. The molecule has 30 heavy (non-hydrogen) atoms. The molecule has 0 saturated heterocycles. The molecule has 1 unspecified atom stereocenters. The highest BCUT2D eigenvalue weighted by molar-refractivity contribution is 5.74. The third kappa shape index (κ3) is 4.67. The van der Waals surface area contributed by atoms with Crippen LogP contribution in [-0.2, 0) is 13.0 Å². The Hall–Kier alpha value is -2.80. The highest BCUT2D eigenvalue weighted by Crippen LogP contribution is 2.35. The predicted molar refractivity (Wildman–Crippen MR) is 114 cm³/mol. The van der Waals surface area contributed by atoms with Crippen LogP contribution in [0.1, 0.15) is 36.6 Å². The van der Waals surface area contributed by atoms with E-state index >= 15 is 0 Å². The number of urea groups is 1. The van der Waals surface area contributed by atoms with E-state index in [0.29, 0.717) is 30.2 Å². The summed E-state index contributed by atoms with van der Waals surface area (Å²) in [5.41, 5.74) is 2.93. The van der Waals surface area contributed by atoms with Gasteiger partial charge in [0.15, 0.2) is 11.5 Å². The number of hydrogen-bond donors (Lipinski definition) is 3. The van der Waals surface area contributed by atoms with Gasteiger partial charge in [-0.2, -0.15) is 0 Å². The number of amides is 2. The van der Waals surface area contributed by atoms with Gasteiger partial charge in [-0.3, -0.25) is 0 Å². The molecule has 0 bridgehead atoms. The Morgan fingerprint density at radius 1 is 1.23 bits per heavy atom. The summed E-state index contributed by atoms with van der Waals surface area (Å²) in [6.45, 7) is 5.78. The van der Waals surface area contributed by atoms with E-state index in [4.69, 9.17) is 9.47 Å². The van der Waals surface area contributed by atoms with Crippen LogP contribution in [0.2, 0.25) is 0 Å². The van der Waals surface area contributed by atoms with Crippen LogP contribution in [0.4, 0.5) is 9.18 Å². The molecule has 0 aromatic heterocycles. The SMILES string of the molecule is CCNC(=O)N[C@H](C)[C@H]1c2cc(OC)c(OC)cc2CC[NH+]1Cc1ccccc1F. The minimum Gasteiger partial charge on any atom is -0.493 e. The maximum atomic E-state index is 14.4. The Morgan fingerprint density at radius 3 is 2.60 bits per heavy atom. The second kappa shape index (κ2) is 9.80. The van der Waals surface area contributed by atoms with Crippen LogP contribution >= 0.6 is 0 Å². The van der Waals surface area contributed by atoms with Gasteiger partial charge < -0.3 is 25.0 Å². The number of rotatable bonds is 7. The van der Waals surface area contributed by atoms with Gasteiger partial charge in [-0.05, 0) is 37.6 Å². The second-order valence-electron chi connectivity index (χ2n) is 7.60. The molecule has 1 aliphatic heterocycles. The van der Waals surface area contributed by atoms with Crippen molar-refractivity contribution in [2.24, 2.45) is 0 Å². The van der Waals surface area contributed by atoms with Gasteiger partial charge in [0.25, 0.3) is 0 Å². The molecule has 2 aromatic carbocycles.